The number of rotatable bonds is 3. The van der Waals surface area contributed by atoms with Crippen molar-refractivity contribution in [1.29, 1.82) is 0 Å². The van der Waals surface area contributed by atoms with Gasteiger partial charge in [0, 0.05) is 29.5 Å². The third kappa shape index (κ3) is 2.55. The summed E-state index contributed by atoms with van der Waals surface area (Å²) in [6, 6.07) is 5.02. The van der Waals surface area contributed by atoms with Gasteiger partial charge in [-0.05, 0) is 24.3 Å². The van der Waals surface area contributed by atoms with Gasteiger partial charge in [0.2, 0.25) is 0 Å². The molecular weight excluding hydrogens is 230 g/mol. The Labute approximate surface area is 107 Å². The van der Waals surface area contributed by atoms with Crippen molar-refractivity contribution >= 4 is 17.1 Å². The average molecular weight is 249 g/mol. The summed E-state index contributed by atoms with van der Waals surface area (Å²) < 4.78 is 0. The third-order valence-electron chi connectivity index (χ3n) is 3.75. The second kappa shape index (κ2) is 4.48. The topological polar surface area (TPSA) is 81.2 Å². The van der Waals surface area contributed by atoms with Crippen molar-refractivity contribution in [2.45, 2.75) is 39.2 Å². The maximum Gasteiger partial charge on any atom is 0.273 e. The normalized spacial score (nSPS) is 21.8. The van der Waals surface area contributed by atoms with Crippen molar-refractivity contribution in [2.75, 3.05) is 11.1 Å². The van der Waals surface area contributed by atoms with E-state index in [-0.39, 0.29) is 11.1 Å². The van der Waals surface area contributed by atoms with Crippen LogP contribution in [0.5, 0.6) is 0 Å². The third-order valence-corrected chi connectivity index (χ3v) is 3.75. The van der Waals surface area contributed by atoms with Gasteiger partial charge in [0.05, 0.1) is 4.92 Å². The minimum Gasteiger partial charge on any atom is -0.398 e. The summed E-state index contributed by atoms with van der Waals surface area (Å²) in [5.74, 6) is 0. The van der Waals surface area contributed by atoms with Crippen molar-refractivity contribution < 1.29 is 4.92 Å². The van der Waals surface area contributed by atoms with Crippen LogP contribution in [0.2, 0.25) is 0 Å². The molecule has 0 bridgehead atoms. The smallest absolute Gasteiger partial charge is 0.273 e. The van der Waals surface area contributed by atoms with Gasteiger partial charge in [-0.3, -0.25) is 10.1 Å². The molecule has 1 fully saturated rings. The molecule has 0 spiro atoms. The van der Waals surface area contributed by atoms with Crippen molar-refractivity contribution in [2.24, 2.45) is 5.41 Å². The van der Waals surface area contributed by atoms with Gasteiger partial charge in [-0.2, -0.15) is 0 Å². The van der Waals surface area contributed by atoms with Crippen molar-refractivity contribution in [3.8, 4) is 0 Å². The fraction of sp³-hybridized carbons (Fsp3) is 0.538. The Morgan fingerprint density at radius 3 is 2.72 bits per heavy atom. The maximum atomic E-state index is 10.8. The van der Waals surface area contributed by atoms with Crippen LogP contribution in [-0.4, -0.2) is 11.0 Å². The van der Waals surface area contributed by atoms with Crippen LogP contribution >= 0.6 is 0 Å². The molecule has 2 rings (SSSR count). The Kier molecular flexibility index (Phi) is 3.15. The molecule has 0 aromatic heterocycles. The summed E-state index contributed by atoms with van der Waals surface area (Å²) in [7, 11) is 0. The molecule has 0 aliphatic heterocycles. The van der Waals surface area contributed by atoms with E-state index in [1.807, 2.05) is 0 Å². The molecule has 0 heterocycles. The van der Waals surface area contributed by atoms with Gasteiger partial charge in [-0.25, -0.2) is 0 Å². The Morgan fingerprint density at radius 1 is 1.44 bits per heavy atom. The zero-order valence-corrected chi connectivity index (χ0v) is 10.8. The van der Waals surface area contributed by atoms with Crippen LogP contribution in [0.3, 0.4) is 0 Å². The fourth-order valence-electron chi connectivity index (χ4n) is 2.62. The van der Waals surface area contributed by atoms with Gasteiger partial charge in [-0.1, -0.05) is 20.3 Å². The summed E-state index contributed by atoms with van der Waals surface area (Å²) in [6.07, 6.45) is 3.46. The summed E-state index contributed by atoms with van der Waals surface area (Å²) in [4.78, 5) is 10.4. The quantitative estimate of drug-likeness (QED) is 0.489. The number of anilines is 2. The molecular formula is C13H19N3O2. The Balaban J connectivity index is 2.21. The highest BCUT2D eigenvalue weighted by Gasteiger charge is 2.34. The lowest BCUT2D eigenvalue weighted by molar-refractivity contribution is -0.384. The minimum absolute atomic E-state index is 0.0355. The van der Waals surface area contributed by atoms with Crippen molar-refractivity contribution in [1.82, 2.24) is 0 Å². The van der Waals surface area contributed by atoms with E-state index >= 15 is 0 Å². The molecule has 1 atom stereocenters. The molecule has 98 valence electrons. The molecule has 5 nitrogen and oxygen atoms in total. The Morgan fingerprint density at radius 2 is 2.17 bits per heavy atom. The first-order valence-corrected chi connectivity index (χ1v) is 6.20. The number of nitrogen functional groups attached to an aromatic ring is 1. The number of nitrogens with one attached hydrogen (secondary N) is 1. The molecule has 1 aliphatic rings. The molecule has 0 radical (unpaired) electrons. The highest BCUT2D eigenvalue weighted by Crippen LogP contribution is 2.39. The highest BCUT2D eigenvalue weighted by atomic mass is 16.6. The van der Waals surface area contributed by atoms with Gasteiger partial charge in [-0.15, -0.1) is 0 Å². The number of nitro groups is 1. The monoisotopic (exact) mass is 249 g/mol. The van der Waals surface area contributed by atoms with E-state index in [4.69, 9.17) is 5.73 Å². The van der Waals surface area contributed by atoms with E-state index in [0.717, 1.165) is 12.1 Å². The van der Waals surface area contributed by atoms with Crippen LogP contribution in [0.1, 0.15) is 33.1 Å². The molecule has 18 heavy (non-hydrogen) atoms. The molecule has 0 amide bonds. The van der Waals surface area contributed by atoms with Crippen LogP contribution in [0.25, 0.3) is 0 Å². The molecule has 3 N–H and O–H groups in total. The fourth-order valence-corrected chi connectivity index (χ4v) is 2.62. The zero-order chi connectivity index (χ0) is 13.3. The number of hydrogen-bond donors (Lipinski definition) is 2. The largest absolute Gasteiger partial charge is 0.398 e. The molecule has 1 aromatic rings. The number of nitro benzene ring substituents is 1. The summed E-state index contributed by atoms with van der Waals surface area (Å²) in [6.45, 7) is 4.44. The van der Waals surface area contributed by atoms with E-state index in [2.05, 4.69) is 19.2 Å². The first-order valence-electron chi connectivity index (χ1n) is 6.20. The second-order valence-electron chi connectivity index (χ2n) is 5.65. The number of benzene rings is 1. The molecule has 1 aromatic carbocycles. The summed E-state index contributed by atoms with van der Waals surface area (Å²) in [5, 5.41) is 14.2. The van der Waals surface area contributed by atoms with E-state index < -0.39 is 4.92 Å². The molecule has 0 saturated heterocycles. The number of nitrogens with zero attached hydrogens (tertiary/aromatic N) is 1. The molecule has 1 saturated carbocycles. The van der Waals surface area contributed by atoms with E-state index in [1.54, 1.807) is 12.1 Å². The molecule has 1 aliphatic carbocycles. The van der Waals surface area contributed by atoms with Gasteiger partial charge >= 0.3 is 0 Å². The van der Waals surface area contributed by atoms with Crippen LogP contribution < -0.4 is 11.1 Å². The molecule has 5 heteroatoms. The standard InChI is InChI=1S/C13H19N3O2/c1-13(2)5-3-4-12(13)15-10-6-9(14)7-11(8-10)16(17)18/h6-8,12,15H,3-5,14H2,1-2H3. The van der Waals surface area contributed by atoms with E-state index in [0.29, 0.717) is 11.7 Å². The lowest BCUT2D eigenvalue weighted by Crippen LogP contribution is -2.30. The molecule has 1 unspecified atom stereocenters. The van der Waals surface area contributed by atoms with E-state index in [9.17, 15) is 10.1 Å². The van der Waals surface area contributed by atoms with Crippen molar-refractivity contribution in [3.63, 3.8) is 0 Å². The van der Waals surface area contributed by atoms with E-state index in [1.165, 1.54) is 18.9 Å². The zero-order valence-electron chi connectivity index (χ0n) is 10.8. The van der Waals surface area contributed by atoms with Gasteiger partial charge in [0.1, 0.15) is 0 Å². The highest BCUT2D eigenvalue weighted by molar-refractivity contribution is 5.62. The van der Waals surface area contributed by atoms with Crippen molar-refractivity contribution in [3.05, 3.63) is 28.3 Å². The van der Waals surface area contributed by atoms with Gasteiger partial charge in [0.25, 0.3) is 5.69 Å². The SMILES string of the molecule is CC1(C)CCCC1Nc1cc(N)cc([N+](=O)[O-])c1. The van der Waals surface area contributed by atoms with Crippen LogP contribution in [-0.2, 0) is 0 Å². The van der Waals surface area contributed by atoms with Crippen LogP contribution in [0.15, 0.2) is 18.2 Å². The Bertz CT molecular complexity index is 471. The lowest BCUT2D eigenvalue weighted by Gasteiger charge is -2.28. The van der Waals surface area contributed by atoms with Crippen LogP contribution in [0.4, 0.5) is 17.1 Å². The summed E-state index contributed by atoms with van der Waals surface area (Å²) >= 11 is 0. The lowest BCUT2D eigenvalue weighted by atomic mass is 9.87. The maximum absolute atomic E-state index is 10.8. The first kappa shape index (κ1) is 12.7. The Hall–Kier alpha value is -1.78. The van der Waals surface area contributed by atoms with Gasteiger partial charge < -0.3 is 11.1 Å². The first-order chi connectivity index (χ1) is 8.38. The summed E-state index contributed by atoms with van der Waals surface area (Å²) in [5.41, 5.74) is 7.11. The number of nitrogens with two attached hydrogens (primary N) is 1. The second-order valence-corrected chi connectivity index (χ2v) is 5.65. The van der Waals surface area contributed by atoms with Crippen LogP contribution in [0, 0.1) is 15.5 Å². The average Bonchev–Trinajstić information content (AvgIpc) is 2.57. The minimum atomic E-state index is -0.415. The predicted octanol–water partition coefficient (Wildman–Crippen LogP) is 3.17. The van der Waals surface area contributed by atoms with Gasteiger partial charge in [0.15, 0.2) is 0 Å². The number of hydrogen-bond acceptors (Lipinski definition) is 4. The predicted molar refractivity (Wildman–Crippen MR) is 72.6 cm³/mol. The number of non-ortho nitro benzene ring substituents is 1.